The monoisotopic (exact) mass is 274 g/mol. The fraction of sp³-hybridized carbons (Fsp3) is 0.875. The van der Waals surface area contributed by atoms with Crippen LogP contribution in [0.25, 0.3) is 0 Å². The molecule has 0 heterocycles. The molecule has 7 fully saturated rings. The van der Waals surface area contributed by atoms with Crippen LogP contribution in [0.1, 0.15) is 6.42 Å². The Morgan fingerprint density at radius 3 is 1.65 bits per heavy atom. The van der Waals surface area contributed by atoms with E-state index in [0.29, 0.717) is 23.7 Å². The molecule has 0 N–H and O–H groups in total. The second-order valence-electron chi connectivity index (χ2n) is 7.93. The first-order valence-electron chi connectivity index (χ1n) is 7.86. The second-order valence-corrected chi connectivity index (χ2v) is 7.93. The van der Waals surface area contributed by atoms with Gasteiger partial charge in [-0.3, -0.25) is 9.59 Å². The van der Waals surface area contributed by atoms with Gasteiger partial charge >= 0.3 is 11.9 Å². The van der Waals surface area contributed by atoms with Crippen molar-refractivity contribution in [3.8, 4) is 0 Å². The Morgan fingerprint density at radius 2 is 1.25 bits per heavy atom. The van der Waals surface area contributed by atoms with Gasteiger partial charge in [0, 0.05) is 0 Å². The number of rotatable bonds is 2. The van der Waals surface area contributed by atoms with E-state index in [9.17, 15) is 9.59 Å². The highest BCUT2D eigenvalue weighted by atomic mass is 16.5. The lowest BCUT2D eigenvalue weighted by Gasteiger charge is -2.44. The van der Waals surface area contributed by atoms with Gasteiger partial charge in [-0.2, -0.15) is 0 Å². The maximum atomic E-state index is 12.6. The molecule has 0 spiro atoms. The molecule has 7 rings (SSSR count). The second kappa shape index (κ2) is 2.67. The number of carbonyl (C=O) groups excluding carboxylic acids is 2. The summed E-state index contributed by atoms with van der Waals surface area (Å²) in [5.41, 5.74) is -0.939. The highest BCUT2D eigenvalue weighted by Gasteiger charge is 2.95. The van der Waals surface area contributed by atoms with Crippen molar-refractivity contribution >= 4 is 11.9 Å². The SMILES string of the molecule is COC(=O)C1(C(=O)OC)[C@@H]2[C@@H]3[C@H]4[C@@H]5C[C@@H]6[C@H]4[C@@H]3[C@@H]1[C@H]6[C@@H]52. The minimum Gasteiger partial charge on any atom is -0.468 e. The van der Waals surface area contributed by atoms with E-state index in [0.717, 1.165) is 23.7 Å². The summed E-state index contributed by atoms with van der Waals surface area (Å²) in [4.78, 5) is 25.3. The van der Waals surface area contributed by atoms with E-state index in [4.69, 9.17) is 9.47 Å². The van der Waals surface area contributed by atoms with Crippen LogP contribution in [-0.2, 0) is 19.1 Å². The lowest BCUT2D eigenvalue weighted by molar-refractivity contribution is -0.174. The van der Waals surface area contributed by atoms with Crippen molar-refractivity contribution in [1.29, 1.82) is 0 Å². The number of methoxy groups -OCH3 is 2. The Balaban J connectivity index is 1.62. The molecule has 4 nitrogen and oxygen atoms in total. The molecule has 0 saturated heterocycles. The van der Waals surface area contributed by atoms with E-state index in [1.807, 2.05) is 0 Å². The summed E-state index contributed by atoms with van der Waals surface area (Å²) < 4.78 is 10.2. The molecule has 0 amide bonds. The van der Waals surface area contributed by atoms with Gasteiger partial charge in [0.25, 0.3) is 0 Å². The Bertz CT molecular complexity index is 529. The average Bonchev–Trinajstić information content (AvgIpc) is 3.08. The van der Waals surface area contributed by atoms with Gasteiger partial charge in [-0.25, -0.2) is 0 Å². The van der Waals surface area contributed by atoms with Gasteiger partial charge in [0.1, 0.15) is 0 Å². The topological polar surface area (TPSA) is 52.6 Å². The summed E-state index contributed by atoms with van der Waals surface area (Å²) in [6, 6.07) is 0. The summed E-state index contributed by atoms with van der Waals surface area (Å²) >= 11 is 0. The molecule has 20 heavy (non-hydrogen) atoms. The highest BCUT2D eigenvalue weighted by molar-refractivity contribution is 6.02. The van der Waals surface area contributed by atoms with Gasteiger partial charge < -0.3 is 9.47 Å². The van der Waals surface area contributed by atoms with Crippen molar-refractivity contribution in [1.82, 2.24) is 0 Å². The molecule has 4 bridgehead atoms. The Morgan fingerprint density at radius 1 is 0.800 bits per heavy atom. The standard InChI is InChI=1S/C16H18O4/c1-19-14(17)16(15(18)20-2)12-8-4-3-5-7-6(4)10(12)11(7)13(16)9(5)8/h4-13H,3H2,1-2H3/t4-,5+,6-,7+,8-,9-,10+,11-,12+,13+/m1/s1. The third kappa shape index (κ3) is 0.626. The number of hydrogen-bond acceptors (Lipinski definition) is 4. The van der Waals surface area contributed by atoms with Crippen molar-refractivity contribution in [2.75, 3.05) is 14.2 Å². The van der Waals surface area contributed by atoms with Crippen LogP contribution in [0, 0.1) is 64.6 Å². The van der Waals surface area contributed by atoms with Gasteiger partial charge in [-0.15, -0.1) is 0 Å². The third-order valence-electron chi connectivity index (χ3n) is 8.50. The molecule has 7 aliphatic rings. The van der Waals surface area contributed by atoms with Gasteiger partial charge in [0.2, 0.25) is 0 Å². The first-order chi connectivity index (χ1) is 9.69. The summed E-state index contributed by atoms with van der Waals surface area (Å²) in [5.74, 6) is 5.64. The van der Waals surface area contributed by atoms with E-state index in [1.165, 1.54) is 20.6 Å². The molecular formula is C16H18O4. The Kier molecular flexibility index (Phi) is 1.42. The zero-order chi connectivity index (χ0) is 13.5. The molecule has 0 aliphatic heterocycles. The molecule has 0 aromatic rings. The number of hydrogen-bond donors (Lipinski definition) is 0. The van der Waals surface area contributed by atoms with E-state index >= 15 is 0 Å². The highest BCUT2D eigenvalue weighted by Crippen LogP contribution is 2.94. The van der Waals surface area contributed by atoms with Crippen molar-refractivity contribution in [3.63, 3.8) is 0 Å². The average molecular weight is 274 g/mol. The minimum atomic E-state index is -0.939. The number of esters is 2. The van der Waals surface area contributed by atoms with Crippen molar-refractivity contribution in [2.24, 2.45) is 64.6 Å². The molecular weight excluding hydrogens is 256 g/mol. The first-order valence-corrected chi connectivity index (χ1v) is 7.86. The van der Waals surface area contributed by atoms with Crippen molar-refractivity contribution in [3.05, 3.63) is 0 Å². The van der Waals surface area contributed by atoms with E-state index in [2.05, 4.69) is 0 Å². The van der Waals surface area contributed by atoms with Crippen LogP contribution in [0.5, 0.6) is 0 Å². The lowest BCUT2D eigenvalue weighted by atomic mass is 9.60. The summed E-state index contributed by atoms with van der Waals surface area (Å²) in [6.45, 7) is 0. The smallest absolute Gasteiger partial charge is 0.323 e. The van der Waals surface area contributed by atoms with Gasteiger partial charge in [0.05, 0.1) is 14.2 Å². The quantitative estimate of drug-likeness (QED) is 0.556. The van der Waals surface area contributed by atoms with Crippen LogP contribution in [0.2, 0.25) is 0 Å². The fourth-order valence-corrected chi connectivity index (χ4v) is 8.93. The van der Waals surface area contributed by atoms with Crippen molar-refractivity contribution < 1.29 is 19.1 Å². The van der Waals surface area contributed by atoms with E-state index in [1.54, 1.807) is 0 Å². The van der Waals surface area contributed by atoms with Gasteiger partial charge in [-0.1, -0.05) is 0 Å². The first kappa shape index (κ1) is 10.6. The van der Waals surface area contributed by atoms with E-state index < -0.39 is 5.41 Å². The van der Waals surface area contributed by atoms with Crippen LogP contribution >= 0.6 is 0 Å². The lowest BCUT2D eigenvalue weighted by Crippen LogP contribution is -2.46. The van der Waals surface area contributed by atoms with Gasteiger partial charge in [-0.05, 0) is 65.6 Å². The molecule has 0 aromatic heterocycles. The summed E-state index contributed by atoms with van der Waals surface area (Å²) in [6.07, 6.45) is 1.38. The molecule has 7 aliphatic carbocycles. The van der Waals surface area contributed by atoms with Crippen LogP contribution in [0.15, 0.2) is 0 Å². The summed E-state index contributed by atoms with van der Waals surface area (Å²) in [5, 5.41) is 0. The van der Waals surface area contributed by atoms with Crippen LogP contribution < -0.4 is 0 Å². The molecule has 0 radical (unpaired) electrons. The fourth-order valence-electron chi connectivity index (χ4n) is 8.93. The molecule has 7 saturated carbocycles. The van der Waals surface area contributed by atoms with Crippen LogP contribution in [-0.4, -0.2) is 26.2 Å². The Hall–Kier alpha value is -1.06. The van der Waals surface area contributed by atoms with E-state index in [-0.39, 0.29) is 23.8 Å². The van der Waals surface area contributed by atoms with Gasteiger partial charge in [0.15, 0.2) is 5.41 Å². The molecule has 0 unspecified atom stereocenters. The minimum absolute atomic E-state index is 0.237. The number of ether oxygens (including phenoxy) is 2. The third-order valence-corrected chi connectivity index (χ3v) is 8.50. The maximum Gasteiger partial charge on any atom is 0.323 e. The van der Waals surface area contributed by atoms with Crippen LogP contribution in [0.3, 0.4) is 0 Å². The summed E-state index contributed by atoms with van der Waals surface area (Å²) in [7, 11) is 2.84. The molecule has 10 atom stereocenters. The molecule has 4 heteroatoms. The predicted molar refractivity (Wildman–Crippen MR) is 66.0 cm³/mol. The normalized spacial score (nSPS) is 63.1. The Labute approximate surface area is 117 Å². The zero-order valence-electron chi connectivity index (χ0n) is 11.6. The van der Waals surface area contributed by atoms with Crippen LogP contribution in [0.4, 0.5) is 0 Å². The number of carbonyl (C=O) groups is 2. The predicted octanol–water partition coefficient (Wildman–Crippen LogP) is 0.952. The molecule has 106 valence electrons. The zero-order valence-corrected chi connectivity index (χ0v) is 11.6. The molecule has 0 aromatic carbocycles. The van der Waals surface area contributed by atoms with Crippen molar-refractivity contribution in [2.45, 2.75) is 6.42 Å². The largest absolute Gasteiger partial charge is 0.468 e. The maximum absolute atomic E-state index is 12.6.